The molecule has 0 aliphatic carbocycles. The average Bonchev–Trinajstić information content (AvgIpc) is 3.72. The second-order valence-electron chi connectivity index (χ2n) is 17.6. The van der Waals surface area contributed by atoms with Crippen LogP contribution in [0.2, 0.25) is 5.04 Å². The van der Waals surface area contributed by atoms with Crippen LogP contribution >= 0.6 is 0 Å². The second kappa shape index (κ2) is 20.0. The van der Waals surface area contributed by atoms with Gasteiger partial charge in [0.2, 0.25) is 23.6 Å². The fraction of sp³-hybridized carbons (Fsp3) is 0.479. The number of hydrogen-bond donors (Lipinski definition) is 3. The predicted octanol–water partition coefficient (Wildman–Crippen LogP) is 5.54. The van der Waals surface area contributed by atoms with E-state index < -0.39 is 55.8 Å². The molecule has 0 aromatic heterocycles. The highest BCUT2D eigenvalue weighted by Crippen LogP contribution is 2.37. The Bertz CT molecular complexity index is 1940. The van der Waals surface area contributed by atoms with Gasteiger partial charge >= 0.3 is 0 Å². The Labute approximate surface area is 357 Å². The van der Waals surface area contributed by atoms with Crippen LogP contribution < -0.4 is 31.1 Å². The Morgan fingerprint density at radius 2 is 1.48 bits per heavy atom. The summed E-state index contributed by atoms with van der Waals surface area (Å²) in [7, 11) is -2.94. The van der Waals surface area contributed by atoms with Crippen molar-refractivity contribution in [1.82, 2.24) is 20.9 Å². The van der Waals surface area contributed by atoms with Gasteiger partial charge in [-0.2, -0.15) is 0 Å². The summed E-state index contributed by atoms with van der Waals surface area (Å²) in [5.41, 5.74) is -0.545. The van der Waals surface area contributed by atoms with Crippen molar-refractivity contribution in [1.29, 1.82) is 0 Å². The number of ketones is 1. The van der Waals surface area contributed by atoms with Crippen molar-refractivity contribution in [3.63, 3.8) is 0 Å². The molecule has 3 N–H and O–H groups in total. The van der Waals surface area contributed by atoms with Gasteiger partial charge in [0.05, 0.1) is 6.10 Å². The molecule has 322 valence electrons. The van der Waals surface area contributed by atoms with Crippen LogP contribution in [0.4, 0.5) is 0 Å². The monoisotopic (exact) mass is 836 g/mol. The van der Waals surface area contributed by atoms with Crippen molar-refractivity contribution < 1.29 is 33.1 Å². The van der Waals surface area contributed by atoms with Crippen LogP contribution in [0.1, 0.15) is 99.5 Å². The number of amides is 4. The molecular weight excluding hydrogens is 773 g/mol. The molecule has 0 saturated carbocycles. The topological polar surface area (TPSA) is 143 Å². The molecule has 60 heavy (non-hydrogen) atoms. The van der Waals surface area contributed by atoms with E-state index in [0.29, 0.717) is 31.6 Å². The van der Waals surface area contributed by atoms with E-state index in [2.05, 4.69) is 61.0 Å². The van der Waals surface area contributed by atoms with E-state index in [1.807, 2.05) is 87.5 Å². The van der Waals surface area contributed by atoms with Gasteiger partial charge in [-0.15, -0.1) is 0 Å². The average molecular weight is 837 g/mol. The van der Waals surface area contributed by atoms with E-state index in [1.165, 1.54) is 4.90 Å². The van der Waals surface area contributed by atoms with Crippen molar-refractivity contribution in [2.45, 2.75) is 141 Å². The normalized spacial score (nSPS) is 22.4. The Morgan fingerprint density at radius 3 is 2.05 bits per heavy atom. The van der Waals surface area contributed by atoms with Gasteiger partial charge in [0.15, 0.2) is 5.78 Å². The van der Waals surface area contributed by atoms with E-state index in [4.69, 9.17) is 9.16 Å². The lowest BCUT2D eigenvalue weighted by Gasteiger charge is -2.44. The number of allylic oxidation sites excluding steroid dienone is 2. The summed E-state index contributed by atoms with van der Waals surface area (Å²) < 4.78 is 12.8. The third kappa shape index (κ3) is 10.8. The summed E-state index contributed by atoms with van der Waals surface area (Å²) >= 11 is 0. The Morgan fingerprint density at radius 1 is 0.867 bits per heavy atom. The van der Waals surface area contributed by atoms with Crippen LogP contribution in [0.3, 0.4) is 0 Å². The van der Waals surface area contributed by atoms with Crippen LogP contribution in [0.15, 0.2) is 97.1 Å². The van der Waals surface area contributed by atoms with E-state index in [0.717, 1.165) is 15.9 Å². The summed E-state index contributed by atoms with van der Waals surface area (Å²) in [4.78, 5) is 71.2. The van der Waals surface area contributed by atoms with Gasteiger partial charge < -0.3 is 30.0 Å². The molecule has 5 rings (SSSR count). The van der Waals surface area contributed by atoms with Crippen molar-refractivity contribution in [2.24, 2.45) is 0 Å². The maximum Gasteiger partial charge on any atom is 0.262 e. The van der Waals surface area contributed by atoms with E-state index >= 15 is 0 Å². The lowest BCUT2D eigenvalue weighted by atomic mass is 9.94. The highest BCUT2D eigenvalue weighted by molar-refractivity contribution is 6.99. The number of nitrogens with zero attached hydrogens (tertiary/aromatic N) is 1. The van der Waals surface area contributed by atoms with Crippen LogP contribution in [0.5, 0.6) is 5.75 Å². The highest BCUT2D eigenvalue weighted by atomic mass is 28.4. The zero-order chi connectivity index (χ0) is 43.7. The lowest BCUT2D eigenvalue weighted by Crippen LogP contribution is -2.68. The minimum atomic E-state index is -2.94. The number of Topliss-reactive ketones (excluding diaryl/α,β-unsaturated/α-hetero) is 1. The van der Waals surface area contributed by atoms with Gasteiger partial charge in [0, 0.05) is 19.4 Å². The van der Waals surface area contributed by atoms with E-state index in [9.17, 15) is 24.0 Å². The first kappa shape index (κ1) is 46.0. The number of ether oxygens (including phenoxy) is 1. The summed E-state index contributed by atoms with van der Waals surface area (Å²) in [6, 6.07) is 25.1. The minimum Gasteiger partial charge on any atom is -0.491 e. The molecule has 0 bridgehead atoms. The van der Waals surface area contributed by atoms with Crippen LogP contribution in [0.25, 0.3) is 0 Å². The lowest BCUT2D eigenvalue weighted by molar-refractivity contribution is -0.144. The number of carbonyl (C=O) groups is 5. The van der Waals surface area contributed by atoms with Gasteiger partial charge in [-0.3, -0.25) is 24.0 Å². The van der Waals surface area contributed by atoms with Crippen molar-refractivity contribution >= 4 is 48.1 Å². The second-order valence-corrected chi connectivity index (χ2v) is 21.9. The fourth-order valence-corrected chi connectivity index (χ4v) is 12.9. The van der Waals surface area contributed by atoms with Gasteiger partial charge in [-0.25, -0.2) is 0 Å². The molecule has 3 aromatic carbocycles. The molecule has 2 aliphatic rings. The number of carbonyl (C=O) groups excluding carboxylic acids is 5. The van der Waals surface area contributed by atoms with Gasteiger partial charge in [-0.05, 0) is 92.9 Å². The fourth-order valence-electron chi connectivity index (χ4n) is 8.20. The quantitative estimate of drug-likeness (QED) is 0.135. The first-order valence-corrected chi connectivity index (χ1v) is 23.4. The maximum atomic E-state index is 14.2. The smallest absolute Gasteiger partial charge is 0.262 e. The highest BCUT2D eigenvalue weighted by Gasteiger charge is 2.51. The van der Waals surface area contributed by atoms with Crippen molar-refractivity contribution in [3.8, 4) is 5.75 Å². The van der Waals surface area contributed by atoms with Crippen LogP contribution in [0, 0.1) is 0 Å². The Balaban J connectivity index is 1.28. The summed E-state index contributed by atoms with van der Waals surface area (Å²) in [6.45, 7) is 16.0. The number of benzene rings is 3. The Kier molecular flexibility index (Phi) is 15.3. The zero-order valence-electron chi connectivity index (χ0n) is 36.6. The molecule has 0 spiro atoms. The molecule has 4 amide bonds. The van der Waals surface area contributed by atoms with Gasteiger partial charge in [0.1, 0.15) is 35.5 Å². The standard InChI is InChI=1S/C48H64N4O7Si/c1-9-48(8)46(57)50-40(32-35-27-29-36(30-28-35)58-33(2)3)45(56)52-31-19-25-41(52)44(55)49-39(43(54)51-48)24-17-12-18-26-42(53)34(4)59-60(47(5,6)7,37-20-13-10-14-21-37)38-22-15-11-16-23-38/h10-16,18,20-23,27-30,33-34,39-41H,9,17,19,24-26,31-32H2,1-8H3,(H,49,55)(H,50,57)(H,51,54)/t34-,39+,40+,41-,48+/m1/s1. The SMILES string of the molecule is CC[C@]1(C)NC(=O)[C@H](CCC=CCC(=O)[C@@H](C)O[Si](c2ccccc2)(c2ccccc2)C(C)(C)C)NC(=O)[C@H]2CCCN2C(=O)[C@H](Cc2ccc(OC(C)C)cc2)NC1=O. The molecule has 5 atom stereocenters. The molecule has 0 radical (unpaired) electrons. The zero-order valence-corrected chi connectivity index (χ0v) is 37.6. The summed E-state index contributed by atoms with van der Waals surface area (Å²) in [5.74, 6) is -1.09. The van der Waals surface area contributed by atoms with Crippen molar-refractivity contribution in [2.75, 3.05) is 6.54 Å². The molecule has 2 saturated heterocycles. The largest absolute Gasteiger partial charge is 0.491 e. The van der Waals surface area contributed by atoms with E-state index in [1.54, 1.807) is 19.9 Å². The molecule has 11 nitrogen and oxygen atoms in total. The van der Waals surface area contributed by atoms with Gasteiger partial charge in [-0.1, -0.05) is 113 Å². The Hall–Kier alpha value is -5.07. The minimum absolute atomic E-state index is 0.00668. The third-order valence-corrected chi connectivity index (χ3v) is 16.9. The molecular formula is C48H64N4O7Si. The van der Waals surface area contributed by atoms with E-state index in [-0.39, 0.29) is 48.5 Å². The number of hydrogen-bond acceptors (Lipinski definition) is 7. The predicted molar refractivity (Wildman–Crippen MR) is 238 cm³/mol. The summed E-state index contributed by atoms with van der Waals surface area (Å²) in [5, 5.41) is 10.7. The van der Waals surface area contributed by atoms with Crippen LogP contribution in [-0.4, -0.2) is 85.0 Å². The molecule has 2 heterocycles. The number of rotatable bonds is 15. The molecule has 12 heteroatoms. The first-order chi connectivity index (χ1) is 28.5. The molecule has 0 unspecified atom stereocenters. The molecule has 3 aromatic rings. The third-order valence-electron chi connectivity index (χ3n) is 11.7. The number of nitrogens with one attached hydrogen (secondary N) is 3. The number of fused-ring (bicyclic) bond motifs is 1. The summed E-state index contributed by atoms with van der Waals surface area (Å²) in [6.07, 6.45) is 5.18. The van der Waals surface area contributed by atoms with Gasteiger partial charge in [0.25, 0.3) is 8.32 Å². The molecule has 2 fully saturated rings. The first-order valence-electron chi connectivity index (χ1n) is 21.4. The maximum absolute atomic E-state index is 14.2. The van der Waals surface area contributed by atoms with Crippen LogP contribution in [-0.2, 0) is 34.8 Å². The molecule has 2 aliphatic heterocycles. The van der Waals surface area contributed by atoms with Crippen molar-refractivity contribution in [3.05, 3.63) is 103 Å².